The molecule has 0 aliphatic carbocycles. The Hall–Kier alpha value is -0.600. The normalized spacial score (nSPS) is 12.4. The molecule has 0 aromatic heterocycles. The van der Waals surface area contributed by atoms with Gasteiger partial charge < -0.3 is 0 Å². The van der Waals surface area contributed by atoms with Crippen molar-refractivity contribution in [3.8, 4) is 0 Å². The molecule has 2 rings (SSSR count). The maximum atomic E-state index is 3.81. The van der Waals surface area contributed by atoms with Crippen LogP contribution in [0.3, 0.4) is 0 Å². The SMILES string of the molecule is Cc1ccccc1CCC(Br)Cc1cccc(Br)c1. The highest BCUT2D eigenvalue weighted by Crippen LogP contribution is 2.20. The van der Waals surface area contributed by atoms with E-state index in [0.29, 0.717) is 4.83 Å². The van der Waals surface area contributed by atoms with Gasteiger partial charge in [-0.2, -0.15) is 0 Å². The van der Waals surface area contributed by atoms with Crippen LogP contribution in [0.2, 0.25) is 0 Å². The van der Waals surface area contributed by atoms with Crippen LogP contribution in [0, 0.1) is 6.92 Å². The third-order valence-electron chi connectivity index (χ3n) is 3.33. The number of hydrogen-bond donors (Lipinski definition) is 0. The first kappa shape index (κ1) is 14.8. The van der Waals surface area contributed by atoms with Crippen LogP contribution in [0.4, 0.5) is 0 Å². The lowest BCUT2D eigenvalue weighted by molar-refractivity contribution is 0.760. The fourth-order valence-corrected chi connectivity index (χ4v) is 3.27. The fraction of sp³-hybridized carbons (Fsp3) is 0.294. The number of rotatable bonds is 5. The molecule has 0 nitrogen and oxygen atoms in total. The summed E-state index contributed by atoms with van der Waals surface area (Å²) in [5.41, 5.74) is 4.23. The minimum atomic E-state index is 0.529. The lowest BCUT2D eigenvalue weighted by atomic mass is 10.0. The first-order valence-electron chi connectivity index (χ1n) is 6.58. The van der Waals surface area contributed by atoms with Gasteiger partial charge in [-0.15, -0.1) is 0 Å². The van der Waals surface area contributed by atoms with Crippen molar-refractivity contribution < 1.29 is 0 Å². The smallest absolute Gasteiger partial charge is 0.0189 e. The zero-order valence-corrected chi connectivity index (χ0v) is 14.2. The molecule has 0 spiro atoms. The van der Waals surface area contributed by atoms with Crippen LogP contribution >= 0.6 is 31.9 Å². The van der Waals surface area contributed by atoms with Crippen molar-refractivity contribution in [2.75, 3.05) is 0 Å². The van der Waals surface area contributed by atoms with Crippen molar-refractivity contribution in [2.45, 2.75) is 31.0 Å². The summed E-state index contributed by atoms with van der Waals surface area (Å²) in [6.07, 6.45) is 3.37. The summed E-state index contributed by atoms with van der Waals surface area (Å²) in [5, 5.41) is 0. The summed E-state index contributed by atoms with van der Waals surface area (Å²) in [6, 6.07) is 17.2. The third kappa shape index (κ3) is 4.77. The predicted molar refractivity (Wildman–Crippen MR) is 90.1 cm³/mol. The van der Waals surface area contributed by atoms with Crippen LogP contribution in [0.5, 0.6) is 0 Å². The van der Waals surface area contributed by atoms with Gasteiger partial charge in [0, 0.05) is 9.30 Å². The Kier molecular flexibility index (Phi) is 5.65. The van der Waals surface area contributed by atoms with E-state index in [1.54, 1.807) is 0 Å². The number of halogens is 2. The van der Waals surface area contributed by atoms with Gasteiger partial charge in [0.05, 0.1) is 0 Å². The van der Waals surface area contributed by atoms with Gasteiger partial charge >= 0.3 is 0 Å². The zero-order chi connectivity index (χ0) is 13.7. The fourth-order valence-electron chi connectivity index (χ4n) is 2.22. The maximum Gasteiger partial charge on any atom is 0.0189 e. The summed E-state index contributed by atoms with van der Waals surface area (Å²) in [7, 11) is 0. The molecule has 0 fully saturated rings. The molecule has 0 radical (unpaired) electrons. The quantitative estimate of drug-likeness (QED) is 0.583. The van der Waals surface area contributed by atoms with E-state index in [4.69, 9.17) is 0 Å². The van der Waals surface area contributed by atoms with E-state index in [0.717, 1.165) is 23.7 Å². The Morgan fingerprint density at radius 1 is 1.05 bits per heavy atom. The Morgan fingerprint density at radius 3 is 2.58 bits per heavy atom. The van der Waals surface area contributed by atoms with E-state index >= 15 is 0 Å². The average Bonchev–Trinajstić information content (AvgIpc) is 2.38. The highest BCUT2D eigenvalue weighted by molar-refractivity contribution is 9.10. The Labute approximate surface area is 132 Å². The summed E-state index contributed by atoms with van der Waals surface area (Å²) < 4.78 is 1.16. The van der Waals surface area contributed by atoms with Crippen molar-refractivity contribution in [2.24, 2.45) is 0 Å². The standard InChI is InChI=1S/C17H18Br2/c1-13-5-2-3-7-15(13)9-10-17(19)12-14-6-4-8-16(18)11-14/h2-8,11,17H,9-10,12H2,1H3. The van der Waals surface area contributed by atoms with Gasteiger partial charge in [0.1, 0.15) is 0 Å². The zero-order valence-electron chi connectivity index (χ0n) is 11.1. The summed E-state index contributed by atoms with van der Waals surface area (Å²) >= 11 is 7.33. The van der Waals surface area contributed by atoms with Gasteiger partial charge in [0.2, 0.25) is 0 Å². The molecule has 0 N–H and O–H groups in total. The first-order chi connectivity index (χ1) is 9.15. The van der Waals surface area contributed by atoms with E-state index in [-0.39, 0.29) is 0 Å². The average molecular weight is 382 g/mol. The molecular weight excluding hydrogens is 364 g/mol. The maximum absolute atomic E-state index is 3.81. The molecule has 2 aromatic carbocycles. The second-order valence-electron chi connectivity index (χ2n) is 4.90. The topological polar surface area (TPSA) is 0 Å². The number of aryl methyl sites for hydroxylation is 2. The molecule has 100 valence electrons. The van der Waals surface area contributed by atoms with Crippen molar-refractivity contribution in [1.29, 1.82) is 0 Å². The molecule has 19 heavy (non-hydrogen) atoms. The van der Waals surface area contributed by atoms with Gasteiger partial charge in [-0.05, 0) is 55.0 Å². The van der Waals surface area contributed by atoms with Gasteiger partial charge in [-0.25, -0.2) is 0 Å². The first-order valence-corrected chi connectivity index (χ1v) is 8.29. The number of alkyl halides is 1. The Morgan fingerprint density at radius 2 is 1.84 bits per heavy atom. The van der Waals surface area contributed by atoms with Gasteiger partial charge in [-0.1, -0.05) is 68.3 Å². The van der Waals surface area contributed by atoms with Crippen LogP contribution in [0.15, 0.2) is 53.0 Å². The summed E-state index contributed by atoms with van der Waals surface area (Å²) in [4.78, 5) is 0.529. The Bertz CT molecular complexity index is 534. The second kappa shape index (κ2) is 7.25. The van der Waals surface area contributed by atoms with Crippen molar-refractivity contribution in [3.63, 3.8) is 0 Å². The van der Waals surface area contributed by atoms with E-state index in [2.05, 4.69) is 87.3 Å². The van der Waals surface area contributed by atoms with E-state index in [1.807, 2.05) is 0 Å². The predicted octanol–water partition coefficient (Wildman–Crippen LogP) is 5.70. The summed E-state index contributed by atoms with van der Waals surface area (Å²) in [5.74, 6) is 0. The largest absolute Gasteiger partial charge is 0.0887 e. The molecule has 0 aliphatic heterocycles. The summed E-state index contributed by atoms with van der Waals surface area (Å²) in [6.45, 7) is 2.19. The molecule has 1 atom stereocenters. The van der Waals surface area contributed by atoms with Crippen LogP contribution in [0.1, 0.15) is 23.1 Å². The van der Waals surface area contributed by atoms with Crippen molar-refractivity contribution >= 4 is 31.9 Å². The van der Waals surface area contributed by atoms with Crippen molar-refractivity contribution in [1.82, 2.24) is 0 Å². The van der Waals surface area contributed by atoms with Gasteiger partial charge in [-0.3, -0.25) is 0 Å². The van der Waals surface area contributed by atoms with Crippen LogP contribution < -0.4 is 0 Å². The lowest BCUT2D eigenvalue weighted by Gasteiger charge is -2.11. The molecule has 1 unspecified atom stereocenters. The third-order valence-corrected chi connectivity index (χ3v) is 4.61. The highest BCUT2D eigenvalue weighted by Gasteiger charge is 2.07. The highest BCUT2D eigenvalue weighted by atomic mass is 79.9. The van der Waals surface area contributed by atoms with E-state index in [1.165, 1.54) is 16.7 Å². The number of hydrogen-bond acceptors (Lipinski definition) is 0. The van der Waals surface area contributed by atoms with E-state index < -0.39 is 0 Å². The minimum Gasteiger partial charge on any atom is -0.0887 e. The van der Waals surface area contributed by atoms with Crippen LogP contribution in [0.25, 0.3) is 0 Å². The van der Waals surface area contributed by atoms with E-state index in [9.17, 15) is 0 Å². The Balaban J connectivity index is 1.88. The molecule has 0 aliphatic rings. The van der Waals surface area contributed by atoms with Crippen molar-refractivity contribution in [3.05, 3.63) is 69.7 Å². The molecule has 0 saturated heterocycles. The molecule has 0 heterocycles. The minimum absolute atomic E-state index is 0.529. The van der Waals surface area contributed by atoms with Gasteiger partial charge in [0.25, 0.3) is 0 Å². The molecule has 2 heteroatoms. The van der Waals surface area contributed by atoms with Crippen LogP contribution in [-0.2, 0) is 12.8 Å². The molecule has 0 bridgehead atoms. The lowest BCUT2D eigenvalue weighted by Crippen LogP contribution is -2.05. The second-order valence-corrected chi connectivity index (χ2v) is 7.11. The molecule has 0 saturated carbocycles. The monoisotopic (exact) mass is 380 g/mol. The van der Waals surface area contributed by atoms with Gasteiger partial charge in [0.15, 0.2) is 0 Å². The molecule has 2 aromatic rings. The van der Waals surface area contributed by atoms with Crippen LogP contribution in [-0.4, -0.2) is 4.83 Å². The number of benzene rings is 2. The molecule has 0 amide bonds. The molecular formula is C17H18Br2.